The fourth-order valence-electron chi connectivity index (χ4n) is 2.84. The minimum Gasteiger partial charge on any atom is -0.339 e. The number of carbonyl (C=O) groups is 1. The number of hydrogen-bond donors (Lipinski definition) is 0. The second-order valence-corrected chi connectivity index (χ2v) is 5.76. The molecule has 1 aliphatic rings. The second-order valence-electron chi connectivity index (χ2n) is 5.35. The Morgan fingerprint density at radius 2 is 2.11 bits per heavy atom. The summed E-state index contributed by atoms with van der Waals surface area (Å²) in [4.78, 5) is 18.2. The molecule has 0 atom stereocenters. The van der Waals surface area contributed by atoms with Gasteiger partial charge in [0.2, 0.25) is 0 Å². The van der Waals surface area contributed by atoms with E-state index in [9.17, 15) is 4.79 Å². The van der Waals surface area contributed by atoms with Crippen LogP contribution in [-0.2, 0) is 0 Å². The minimum absolute atomic E-state index is 0.00680. The van der Waals surface area contributed by atoms with Crippen molar-refractivity contribution in [1.82, 2.24) is 9.88 Å². The molecule has 2 rings (SSSR count). The van der Waals surface area contributed by atoms with Crippen molar-refractivity contribution in [2.24, 2.45) is 5.92 Å². The van der Waals surface area contributed by atoms with Crippen LogP contribution >= 0.6 is 11.6 Å². The molecule has 4 heteroatoms. The smallest absolute Gasteiger partial charge is 0.255 e. The summed E-state index contributed by atoms with van der Waals surface area (Å²) in [7, 11) is 1.88. The van der Waals surface area contributed by atoms with Crippen LogP contribution in [0, 0.1) is 5.92 Å². The van der Waals surface area contributed by atoms with Crippen molar-refractivity contribution in [3.8, 4) is 0 Å². The Hall–Kier alpha value is -1.09. The van der Waals surface area contributed by atoms with Crippen LogP contribution in [0.5, 0.6) is 0 Å². The van der Waals surface area contributed by atoms with Crippen molar-refractivity contribution in [2.45, 2.75) is 45.1 Å². The number of pyridine rings is 1. The molecule has 1 fully saturated rings. The quantitative estimate of drug-likeness (QED) is 0.844. The van der Waals surface area contributed by atoms with E-state index < -0.39 is 0 Å². The van der Waals surface area contributed by atoms with E-state index in [2.05, 4.69) is 11.9 Å². The first-order valence-corrected chi connectivity index (χ1v) is 7.38. The van der Waals surface area contributed by atoms with Crippen molar-refractivity contribution >= 4 is 17.5 Å². The topological polar surface area (TPSA) is 33.2 Å². The maximum absolute atomic E-state index is 12.4. The van der Waals surface area contributed by atoms with Crippen LogP contribution < -0.4 is 0 Å². The van der Waals surface area contributed by atoms with Gasteiger partial charge in [0, 0.05) is 25.5 Å². The molecule has 0 bridgehead atoms. The SMILES string of the molecule is CCC1CCC(N(C)C(=O)c2ccncc2Cl)CC1. The van der Waals surface area contributed by atoms with Gasteiger partial charge < -0.3 is 4.90 Å². The molecule has 1 heterocycles. The molecule has 1 aromatic heterocycles. The minimum atomic E-state index is 0.00680. The molecule has 0 aliphatic heterocycles. The van der Waals surface area contributed by atoms with E-state index in [1.165, 1.54) is 25.5 Å². The molecular weight excluding hydrogens is 260 g/mol. The summed E-state index contributed by atoms with van der Waals surface area (Å²) in [6, 6.07) is 2.04. The lowest BCUT2D eigenvalue weighted by molar-refractivity contribution is 0.0675. The van der Waals surface area contributed by atoms with Gasteiger partial charge in [0.1, 0.15) is 0 Å². The first kappa shape index (κ1) is 14.3. The summed E-state index contributed by atoms with van der Waals surface area (Å²) in [5.74, 6) is 0.844. The monoisotopic (exact) mass is 280 g/mol. The van der Waals surface area contributed by atoms with Gasteiger partial charge in [-0.3, -0.25) is 9.78 Å². The molecule has 1 amide bonds. The number of rotatable bonds is 3. The lowest BCUT2D eigenvalue weighted by Gasteiger charge is -2.34. The van der Waals surface area contributed by atoms with Gasteiger partial charge in [0.25, 0.3) is 5.91 Å². The van der Waals surface area contributed by atoms with E-state index in [1.54, 1.807) is 12.3 Å². The third kappa shape index (κ3) is 3.27. The van der Waals surface area contributed by atoms with Gasteiger partial charge in [-0.25, -0.2) is 0 Å². The summed E-state index contributed by atoms with van der Waals surface area (Å²) >= 11 is 6.04. The van der Waals surface area contributed by atoms with Crippen LogP contribution in [0.3, 0.4) is 0 Å². The van der Waals surface area contributed by atoms with Crippen molar-refractivity contribution < 1.29 is 4.79 Å². The number of carbonyl (C=O) groups excluding carboxylic acids is 1. The van der Waals surface area contributed by atoms with E-state index in [0.717, 1.165) is 18.8 Å². The molecular formula is C15H21ClN2O. The third-order valence-corrected chi connectivity index (χ3v) is 4.57. The van der Waals surface area contributed by atoms with Crippen LogP contribution in [0.4, 0.5) is 0 Å². The molecule has 1 aliphatic carbocycles. The van der Waals surface area contributed by atoms with Gasteiger partial charge >= 0.3 is 0 Å². The van der Waals surface area contributed by atoms with E-state index in [-0.39, 0.29) is 5.91 Å². The Balaban J connectivity index is 2.02. The van der Waals surface area contributed by atoms with Crippen LogP contribution in [0.2, 0.25) is 5.02 Å². The van der Waals surface area contributed by atoms with Crippen molar-refractivity contribution in [3.63, 3.8) is 0 Å². The Morgan fingerprint density at radius 3 is 2.68 bits per heavy atom. The van der Waals surface area contributed by atoms with Crippen molar-refractivity contribution in [3.05, 3.63) is 29.0 Å². The maximum Gasteiger partial charge on any atom is 0.255 e. The van der Waals surface area contributed by atoms with E-state index in [0.29, 0.717) is 16.6 Å². The molecule has 19 heavy (non-hydrogen) atoms. The molecule has 0 saturated heterocycles. The molecule has 1 saturated carbocycles. The normalized spacial score (nSPS) is 23.1. The zero-order chi connectivity index (χ0) is 13.8. The Morgan fingerprint density at radius 1 is 1.42 bits per heavy atom. The van der Waals surface area contributed by atoms with Gasteiger partial charge in [0.05, 0.1) is 10.6 Å². The molecule has 0 radical (unpaired) electrons. The highest BCUT2D eigenvalue weighted by Crippen LogP contribution is 2.30. The summed E-state index contributed by atoms with van der Waals surface area (Å²) < 4.78 is 0. The van der Waals surface area contributed by atoms with Gasteiger partial charge in [-0.1, -0.05) is 24.9 Å². The number of hydrogen-bond acceptors (Lipinski definition) is 2. The lowest BCUT2D eigenvalue weighted by Crippen LogP contribution is -2.39. The number of nitrogens with zero attached hydrogens (tertiary/aromatic N) is 2. The molecule has 0 N–H and O–H groups in total. The first-order valence-electron chi connectivity index (χ1n) is 7.00. The van der Waals surface area contributed by atoms with E-state index >= 15 is 0 Å². The van der Waals surface area contributed by atoms with Gasteiger partial charge in [0.15, 0.2) is 0 Å². The predicted molar refractivity (Wildman–Crippen MR) is 77.4 cm³/mol. The third-order valence-electron chi connectivity index (χ3n) is 4.26. The number of halogens is 1. The molecule has 104 valence electrons. The Kier molecular flexibility index (Phi) is 4.81. The average Bonchev–Trinajstić information content (AvgIpc) is 2.46. The second kappa shape index (κ2) is 6.38. The fraction of sp³-hybridized carbons (Fsp3) is 0.600. The van der Waals surface area contributed by atoms with Crippen molar-refractivity contribution in [1.29, 1.82) is 0 Å². The molecule has 0 spiro atoms. The van der Waals surface area contributed by atoms with Gasteiger partial charge in [-0.15, -0.1) is 0 Å². The number of aromatic nitrogens is 1. The predicted octanol–water partition coefficient (Wildman–Crippen LogP) is 3.78. The summed E-state index contributed by atoms with van der Waals surface area (Å²) in [6.07, 6.45) is 9.04. The summed E-state index contributed by atoms with van der Waals surface area (Å²) in [5.41, 5.74) is 0.553. The fourth-order valence-corrected chi connectivity index (χ4v) is 3.05. The highest BCUT2D eigenvalue weighted by molar-refractivity contribution is 6.33. The highest BCUT2D eigenvalue weighted by atomic mass is 35.5. The van der Waals surface area contributed by atoms with Crippen molar-refractivity contribution in [2.75, 3.05) is 7.05 Å². The summed E-state index contributed by atoms with van der Waals surface area (Å²) in [6.45, 7) is 2.25. The standard InChI is InChI=1S/C15H21ClN2O/c1-3-11-4-6-12(7-5-11)18(2)15(19)13-8-9-17-10-14(13)16/h8-12H,3-7H2,1-2H3. The first-order chi connectivity index (χ1) is 9.13. The summed E-state index contributed by atoms with van der Waals surface area (Å²) in [5, 5.41) is 0.432. The van der Waals surface area contributed by atoms with Crippen LogP contribution in [0.15, 0.2) is 18.5 Å². The average molecular weight is 281 g/mol. The maximum atomic E-state index is 12.4. The highest BCUT2D eigenvalue weighted by Gasteiger charge is 2.27. The Labute approximate surface area is 120 Å². The lowest BCUT2D eigenvalue weighted by atomic mass is 9.84. The van der Waals surface area contributed by atoms with Crippen LogP contribution in [0.1, 0.15) is 49.4 Å². The number of amides is 1. The van der Waals surface area contributed by atoms with Crippen LogP contribution in [0.25, 0.3) is 0 Å². The largest absolute Gasteiger partial charge is 0.339 e. The van der Waals surface area contributed by atoms with E-state index in [1.807, 2.05) is 11.9 Å². The zero-order valence-corrected chi connectivity index (χ0v) is 12.4. The van der Waals surface area contributed by atoms with E-state index in [4.69, 9.17) is 11.6 Å². The van der Waals surface area contributed by atoms with Gasteiger partial charge in [-0.05, 0) is 37.7 Å². The molecule has 3 nitrogen and oxygen atoms in total. The zero-order valence-electron chi connectivity index (χ0n) is 11.6. The van der Waals surface area contributed by atoms with Crippen LogP contribution in [-0.4, -0.2) is 28.9 Å². The molecule has 1 aromatic rings. The van der Waals surface area contributed by atoms with Gasteiger partial charge in [-0.2, -0.15) is 0 Å². The Bertz CT molecular complexity index is 442. The molecule has 0 unspecified atom stereocenters. The molecule has 0 aromatic carbocycles.